The minimum Gasteiger partial charge on any atom is -0.468 e. The summed E-state index contributed by atoms with van der Waals surface area (Å²) in [6.45, 7) is 0. The highest BCUT2D eigenvalue weighted by Crippen LogP contribution is 2.36. The maximum Gasteiger partial charge on any atom is 0.321 e. The molecule has 2 rings (SSSR count). The molecule has 0 spiro atoms. The van der Waals surface area contributed by atoms with Gasteiger partial charge in [-0.2, -0.15) is 0 Å². The highest BCUT2D eigenvalue weighted by Gasteiger charge is 2.36. The zero-order valence-corrected chi connectivity index (χ0v) is 11.5. The van der Waals surface area contributed by atoms with E-state index < -0.39 is 0 Å². The second kappa shape index (κ2) is 6.25. The average molecular weight is 266 g/mol. The molecule has 1 aromatic carbocycles. The lowest BCUT2D eigenvalue weighted by molar-refractivity contribution is -0.142. The third-order valence-corrected chi connectivity index (χ3v) is 4.25. The zero-order chi connectivity index (χ0) is 13.0. The number of carbonyl (C=O) groups excluding carboxylic acids is 1. The van der Waals surface area contributed by atoms with Gasteiger partial charge in [-0.15, -0.1) is 11.8 Å². The first-order valence-corrected chi connectivity index (χ1v) is 7.36. The highest BCUT2D eigenvalue weighted by molar-refractivity contribution is 7.99. The molecule has 3 nitrogen and oxygen atoms in total. The number of hydrogen-bond donors (Lipinski definition) is 0. The molecule has 0 N–H and O–H groups in total. The van der Waals surface area contributed by atoms with E-state index in [-0.39, 0.29) is 23.4 Å². The molecule has 1 aromatic rings. The van der Waals surface area contributed by atoms with Crippen molar-refractivity contribution in [2.24, 2.45) is 0 Å². The van der Waals surface area contributed by atoms with Gasteiger partial charge in [0, 0.05) is 0 Å². The van der Waals surface area contributed by atoms with Gasteiger partial charge in [-0.3, -0.25) is 4.79 Å². The maximum atomic E-state index is 11.7. The van der Waals surface area contributed by atoms with E-state index in [4.69, 9.17) is 9.47 Å². The van der Waals surface area contributed by atoms with Crippen LogP contribution in [0.3, 0.4) is 0 Å². The largest absolute Gasteiger partial charge is 0.468 e. The average Bonchev–Trinajstić information content (AvgIpc) is 2.90. The molecule has 3 atom stereocenters. The van der Waals surface area contributed by atoms with Crippen molar-refractivity contribution in [1.29, 1.82) is 0 Å². The first-order chi connectivity index (χ1) is 8.76. The van der Waals surface area contributed by atoms with Gasteiger partial charge in [-0.25, -0.2) is 0 Å². The standard InChI is InChI=1S/C14H18O3S/c1-16-14(15)13(18-2)12-9-8-11(17-12)10-6-4-3-5-7-10/h3-7,11-13H,8-9H2,1-2H3/t11-,12-,13?/m1/s1. The summed E-state index contributed by atoms with van der Waals surface area (Å²) in [5, 5.41) is -0.219. The number of benzene rings is 1. The fourth-order valence-electron chi connectivity index (χ4n) is 2.31. The van der Waals surface area contributed by atoms with Crippen LogP contribution in [0.1, 0.15) is 24.5 Å². The summed E-state index contributed by atoms with van der Waals surface area (Å²) in [6.07, 6.45) is 3.84. The fraction of sp³-hybridized carbons (Fsp3) is 0.500. The molecule has 98 valence electrons. The molecule has 0 aromatic heterocycles. The topological polar surface area (TPSA) is 35.5 Å². The molecule has 1 aliphatic rings. The summed E-state index contributed by atoms with van der Waals surface area (Å²) in [6, 6.07) is 10.2. The summed E-state index contributed by atoms with van der Waals surface area (Å²) in [5.41, 5.74) is 1.18. The van der Waals surface area contributed by atoms with E-state index in [9.17, 15) is 4.79 Å². The van der Waals surface area contributed by atoms with Crippen molar-refractivity contribution < 1.29 is 14.3 Å². The van der Waals surface area contributed by atoms with E-state index in [1.807, 2.05) is 24.5 Å². The molecule has 0 radical (unpaired) electrons. The van der Waals surface area contributed by atoms with Crippen LogP contribution in [0, 0.1) is 0 Å². The Balaban J connectivity index is 2.01. The third kappa shape index (κ3) is 2.87. The van der Waals surface area contributed by atoms with Crippen molar-refractivity contribution in [3.05, 3.63) is 35.9 Å². The molecule has 0 amide bonds. The number of carbonyl (C=O) groups is 1. The van der Waals surface area contributed by atoms with Crippen molar-refractivity contribution in [2.45, 2.75) is 30.3 Å². The van der Waals surface area contributed by atoms with Crippen molar-refractivity contribution in [3.63, 3.8) is 0 Å². The minimum absolute atomic E-state index is 0.0438. The minimum atomic E-state index is -0.219. The molecular weight excluding hydrogens is 248 g/mol. The number of rotatable bonds is 4. The van der Waals surface area contributed by atoms with Crippen molar-refractivity contribution >= 4 is 17.7 Å². The molecular formula is C14H18O3S. The van der Waals surface area contributed by atoms with Crippen molar-refractivity contribution in [2.75, 3.05) is 13.4 Å². The van der Waals surface area contributed by atoms with Gasteiger partial charge in [0.1, 0.15) is 5.25 Å². The Labute approximate surface area is 112 Å². The SMILES string of the molecule is COC(=O)C(SC)[C@H]1CC[C@H](c2ccccc2)O1. The van der Waals surface area contributed by atoms with Crippen LogP contribution >= 0.6 is 11.8 Å². The summed E-state index contributed by atoms with van der Waals surface area (Å²) in [4.78, 5) is 11.7. The number of thioether (sulfide) groups is 1. The van der Waals surface area contributed by atoms with Gasteiger partial charge in [0.05, 0.1) is 19.3 Å². The lowest BCUT2D eigenvalue weighted by atomic mass is 10.1. The lowest BCUT2D eigenvalue weighted by Crippen LogP contribution is -2.31. The van der Waals surface area contributed by atoms with Crippen LogP contribution in [0.4, 0.5) is 0 Å². The normalized spacial score (nSPS) is 24.8. The van der Waals surface area contributed by atoms with E-state index in [1.165, 1.54) is 24.4 Å². The third-order valence-electron chi connectivity index (χ3n) is 3.25. The number of ether oxygens (including phenoxy) is 2. The molecule has 1 fully saturated rings. The predicted molar refractivity (Wildman–Crippen MR) is 72.6 cm³/mol. The quantitative estimate of drug-likeness (QED) is 0.785. The Kier molecular flexibility index (Phi) is 4.66. The lowest BCUT2D eigenvalue weighted by Gasteiger charge is -2.20. The molecule has 1 saturated heterocycles. The summed E-state index contributed by atoms with van der Waals surface area (Å²) in [5.74, 6) is -0.193. The van der Waals surface area contributed by atoms with E-state index in [2.05, 4.69) is 12.1 Å². The fourth-order valence-corrected chi connectivity index (χ4v) is 3.11. The Bertz CT molecular complexity index is 393. The molecule has 1 unspecified atom stereocenters. The second-order valence-corrected chi connectivity index (χ2v) is 5.31. The number of esters is 1. The first-order valence-electron chi connectivity index (χ1n) is 6.07. The van der Waals surface area contributed by atoms with Crippen LogP contribution in [-0.4, -0.2) is 30.7 Å². The molecule has 0 saturated carbocycles. The van der Waals surface area contributed by atoms with E-state index in [0.29, 0.717) is 0 Å². The number of methoxy groups -OCH3 is 1. The monoisotopic (exact) mass is 266 g/mol. The van der Waals surface area contributed by atoms with Gasteiger partial charge in [-0.1, -0.05) is 30.3 Å². The van der Waals surface area contributed by atoms with Crippen LogP contribution in [0.5, 0.6) is 0 Å². The summed E-state index contributed by atoms with van der Waals surface area (Å²) in [7, 11) is 1.43. The summed E-state index contributed by atoms with van der Waals surface area (Å²) >= 11 is 1.50. The van der Waals surface area contributed by atoms with E-state index in [1.54, 1.807) is 0 Å². The molecule has 18 heavy (non-hydrogen) atoms. The van der Waals surface area contributed by atoms with Crippen LogP contribution < -0.4 is 0 Å². The van der Waals surface area contributed by atoms with E-state index >= 15 is 0 Å². The van der Waals surface area contributed by atoms with Crippen molar-refractivity contribution in [3.8, 4) is 0 Å². The first kappa shape index (κ1) is 13.4. The highest BCUT2D eigenvalue weighted by atomic mass is 32.2. The molecule has 1 heterocycles. The van der Waals surface area contributed by atoms with Gasteiger partial charge in [0.15, 0.2) is 0 Å². The Morgan fingerprint density at radius 1 is 1.39 bits per heavy atom. The predicted octanol–water partition coefficient (Wildman–Crippen LogP) is 2.81. The Morgan fingerprint density at radius 2 is 2.11 bits per heavy atom. The van der Waals surface area contributed by atoms with Gasteiger partial charge >= 0.3 is 5.97 Å². The van der Waals surface area contributed by atoms with Crippen LogP contribution in [-0.2, 0) is 14.3 Å². The van der Waals surface area contributed by atoms with E-state index in [0.717, 1.165) is 12.8 Å². The smallest absolute Gasteiger partial charge is 0.321 e. The molecule has 4 heteroatoms. The van der Waals surface area contributed by atoms with Crippen LogP contribution in [0.15, 0.2) is 30.3 Å². The van der Waals surface area contributed by atoms with Crippen LogP contribution in [0.25, 0.3) is 0 Å². The van der Waals surface area contributed by atoms with Gasteiger partial charge in [0.25, 0.3) is 0 Å². The molecule has 1 aliphatic heterocycles. The maximum absolute atomic E-state index is 11.7. The summed E-state index contributed by atoms with van der Waals surface area (Å²) < 4.78 is 10.8. The van der Waals surface area contributed by atoms with Crippen molar-refractivity contribution in [1.82, 2.24) is 0 Å². The number of hydrogen-bond acceptors (Lipinski definition) is 4. The van der Waals surface area contributed by atoms with Gasteiger partial charge < -0.3 is 9.47 Å². The Hall–Kier alpha value is -1.00. The zero-order valence-electron chi connectivity index (χ0n) is 10.7. The molecule has 0 bridgehead atoms. The van der Waals surface area contributed by atoms with Crippen LogP contribution in [0.2, 0.25) is 0 Å². The van der Waals surface area contributed by atoms with Gasteiger partial charge in [-0.05, 0) is 24.7 Å². The second-order valence-electron chi connectivity index (χ2n) is 4.33. The molecule has 0 aliphatic carbocycles. The Morgan fingerprint density at radius 3 is 2.72 bits per heavy atom. The van der Waals surface area contributed by atoms with Gasteiger partial charge in [0.2, 0.25) is 0 Å².